The van der Waals surface area contributed by atoms with E-state index in [0.717, 1.165) is 0 Å². The fraction of sp³-hybridized carbons (Fsp3) is 0.571. The number of rotatable bonds is 3. The standard InChI is InChI=1S/C14H19FO2/c1-9(2)10-7-14(16,8-10)11-5-4-6-12(17-3)13(11)15/h4-6,9-10,16H,7-8H2,1-3H3. The Hall–Kier alpha value is -1.09. The molecule has 3 heteroatoms. The Morgan fingerprint density at radius 3 is 2.59 bits per heavy atom. The lowest BCUT2D eigenvalue weighted by Gasteiger charge is -2.46. The highest BCUT2D eigenvalue weighted by Crippen LogP contribution is 2.50. The Morgan fingerprint density at radius 1 is 1.41 bits per heavy atom. The average Bonchev–Trinajstić information content (AvgIpc) is 2.25. The van der Waals surface area contributed by atoms with Crippen molar-refractivity contribution in [1.29, 1.82) is 0 Å². The molecule has 0 bridgehead atoms. The maximum atomic E-state index is 14.0. The molecule has 1 N–H and O–H groups in total. The molecule has 1 aromatic carbocycles. The van der Waals surface area contributed by atoms with Gasteiger partial charge in [-0.05, 0) is 30.7 Å². The van der Waals surface area contributed by atoms with Gasteiger partial charge in [0, 0.05) is 5.56 Å². The fourth-order valence-electron chi connectivity index (χ4n) is 2.53. The molecule has 94 valence electrons. The molecule has 1 saturated carbocycles. The van der Waals surface area contributed by atoms with E-state index in [0.29, 0.717) is 30.2 Å². The third-order valence-corrected chi connectivity index (χ3v) is 3.83. The van der Waals surface area contributed by atoms with Gasteiger partial charge in [-0.3, -0.25) is 0 Å². The quantitative estimate of drug-likeness (QED) is 0.876. The molecule has 0 radical (unpaired) electrons. The van der Waals surface area contributed by atoms with Crippen molar-refractivity contribution in [3.05, 3.63) is 29.6 Å². The first kappa shape index (κ1) is 12.4. The normalized spacial score (nSPS) is 28.0. The van der Waals surface area contributed by atoms with Crippen LogP contribution in [0.4, 0.5) is 4.39 Å². The molecule has 2 nitrogen and oxygen atoms in total. The third kappa shape index (κ3) is 2.04. The highest BCUT2D eigenvalue weighted by molar-refractivity contribution is 5.36. The molecule has 1 aliphatic carbocycles. The van der Waals surface area contributed by atoms with Crippen molar-refractivity contribution < 1.29 is 14.2 Å². The van der Waals surface area contributed by atoms with E-state index in [1.165, 1.54) is 7.11 Å². The summed E-state index contributed by atoms with van der Waals surface area (Å²) < 4.78 is 19.0. The van der Waals surface area contributed by atoms with Crippen molar-refractivity contribution >= 4 is 0 Å². The summed E-state index contributed by atoms with van der Waals surface area (Å²) >= 11 is 0. The lowest BCUT2D eigenvalue weighted by molar-refractivity contribution is -0.0957. The summed E-state index contributed by atoms with van der Waals surface area (Å²) in [5.74, 6) is 0.776. The van der Waals surface area contributed by atoms with Crippen molar-refractivity contribution in [2.45, 2.75) is 32.3 Å². The molecule has 0 aromatic heterocycles. The molecule has 0 amide bonds. The maximum Gasteiger partial charge on any atom is 0.171 e. The molecular formula is C14H19FO2. The molecule has 1 aromatic rings. The number of aliphatic hydroxyl groups is 1. The van der Waals surface area contributed by atoms with Gasteiger partial charge in [-0.1, -0.05) is 26.0 Å². The van der Waals surface area contributed by atoms with Gasteiger partial charge >= 0.3 is 0 Å². The smallest absolute Gasteiger partial charge is 0.171 e. The first-order chi connectivity index (χ1) is 7.98. The summed E-state index contributed by atoms with van der Waals surface area (Å²) in [6.45, 7) is 4.26. The number of hydrogen-bond acceptors (Lipinski definition) is 2. The Bertz CT molecular complexity index is 409. The number of ether oxygens (including phenoxy) is 1. The van der Waals surface area contributed by atoms with E-state index in [1.54, 1.807) is 18.2 Å². The van der Waals surface area contributed by atoms with E-state index in [4.69, 9.17) is 4.74 Å². The lowest BCUT2D eigenvalue weighted by Crippen LogP contribution is -2.43. The molecule has 0 heterocycles. The van der Waals surface area contributed by atoms with E-state index in [2.05, 4.69) is 13.8 Å². The lowest BCUT2D eigenvalue weighted by atomic mass is 9.63. The van der Waals surface area contributed by atoms with E-state index in [1.807, 2.05) is 0 Å². The van der Waals surface area contributed by atoms with E-state index in [-0.39, 0.29) is 5.75 Å². The Kier molecular flexibility index (Phi) is 3.13. The van der Waals surface area contributed by atoms with Gasteiger partial charge in [-0.2, -0.15) is 0 Å². The SMILES string of the molecule is COc1cccc(C2(O)CC(C(C)C)C2)c1F. The number of methoxy groups -OCH3 is 1. The van der Waals surface area contributed by atoms with Crippen LogP contribution in [0.15, 0.2) is 18.2 Å². The minimum Gasteiger partial charge on any atom is -0.494 e. The molecule has 0 spiro atoms. The van der Waals surface area contributed by atoms with Crippen molar-refractivity contribution in [1.82, 2.24) is 0 Å². The highest BCUT2D eigenvalue weighted by Gasteiger charge is 2.46. The van der Waals surface area contributed by atoms with E-state index >= 15 is 0 Å². The molecular weight excluding hydrogens is 219 g/mol. The first-order valence-electron chi connectivity index (χ1n) is 6.03. The summed E-state index contributed by atoms with van der Waals surface area (Å²) in [5, 5.41) is 10.4. The zero-order chi connectivity index (χ0) is 12.6. The van der Waals surface area contributed by atoms with Gasteiger partial charge in [-0.25, -0.2) is 4.39 Å². The fourth-order valence-corrected chi connectivity index (χ4v) is 2.53. The van der Waals surface area contributed by atoms with Gasteiger partial charge in [0.15, 0.2) is 11.6 Å². The first-order valence-corrected chi connectivity index (χ1v) is 6.03. The predicted molar refractivity (Wildman–Crippen MR) is 64.4 cm³/mol. The Balaban J connectivity index is 2.24. The summed E-state index contributed by atoms with van der Waals surface area (Å²) in [5.41, 5.74) is -0.637. The second kappa shape index (κ2) is 4.30. The van der Waals surface area contributed by atoms with E-state index < -0.39 is 11.4 Å². The second-order valence-electron chi connectivity index (χ2n) is 5.27. The van der Waals surface area contributed by atoms with Gasteiger partial charge in [0.1, 0.15) is 0 Å². The minimum absolute atomic E-state index is 0.198. The topological polar surface area (TPSA) is 29.5 Å². The maximum absolute atomic E-state index is 14.0. The summed E-state index contributed by atoms with van der Waals surface area (Å²) in [6.07, 6.45) is 1.27. The predicted octanol–water partition coefficient (Wildman–Crippen LogP) is 3.09. The zero-order valence-electron chi connectivity index (χ0n) is 10.5. The van der Waals surface area contributed by atoms with E-state index in [9.17, 15) is 9.50 Å². The molecule has 0 unspecified atom stereocenters. The second-order valence-corrected chi connectivity index (χ2v) is 5.27. The highest BCUT2D eigenvalue weighted by atomic mass is 19.1. The average molecular weight is 238 g/mol. The van der Waals surface area contributed by atoms with Gasteiger partial charge in [0.25, 0.3) is 0 Å². The van der Waals surface area contributed by atoms with Crippen LogP contribution in [0, 0.1) is 17.7 Å². The number of hydrogen-bond donors (Lipinski definition) is 1. The molecule has 1 aliphatic rings. The van der Waals surface area contributed by atoms with Gasteiger partial charge < -0.3 is 9.84 Å². The van der Waals surface area contributed by atoms with Crippen molar-refractivity contribution in [2.24, 2.45) is 11.8 Å². The molecule has 0 aliphatic heterocycles. The summed E-state index contributed by atoms with van der Waals surface area (Å²) in [4.78, 5) is 0. The Labute approximate surface area is 101 Å². The number of benzene rings is 1. The summed E-state index contributed by atoms with van der Waals surface area (Å²) in [7, 11) is 1.43. The van der Waals surface area contributed by atoms with Crippen LogP contribution in [0.1, 0.15) is 32.3 Å². The Morgan fingerprint density at radius 2 is 2.06 bits per heavy atom. The molecule has 17 heavy (non-hydrogen) atoms. The third-order valence-electron chi connectivity index (χ3n) is 3.83. The molecule has 2 rings (SSSR count). The van der Waals surface area contributed by atoms with Gasteiger partial charge in [0.05, 0.1) is 12.7 Å². The minimum atomic E-state index is -1.01. The van der Waals surface area contributed by atoms with Crippen molar-refractivity contribution in [3.8, 4) is 5.75 Å². The van der Waals surface area contributed by atoms with Crippen molar-refractivity contribution in [2.75, 3.05) is 7.11 Å². The molecule has 1 fully saturated rings. The molecule has 0 atom stereocenters. The van der Waals surface area contributed by atoms with Crippen LogP contribution in [0.2, 0.25) is 0 Å². The van der Waals surface area contributed by atoms with Gasteiger partial charge in [0.2, 0.25) is 0 Å². The van der Waals surface area contributed by atoms with Crippen LogP contribution in [0.25, 0.3) is 0 Å². The van der Waals surface area contributed by atoms with Crippen LogP contribution in [0.5, 0.6) is 5.75 Å². The van der Waals surface area contributed by atoms with Crippen LogP contribution in [0.3, 0.4) is 0 Å². The largest absolute Gasteiger partial charge is 0.494 e. The van der Waals surface area contributed by atoms with Crippen LogP contribution < -0.4 is 4.74 Å². The summed E-state index contributed by atoms with van der Waals surface area (Å²) in [6, 6.07) is 4.94. The van der Waals surface area contributed by atoms with Crippen LogP contribution >= 0.6 is 0 Å². The van der Waals surface area contributed by atoms with Crippen molar-refractivity contribution in [3.63, 3.8) is 0 Å². The molecule has 0 saturated heterocycles. The number of halogens is 1. The van der Waals surface area contributed by atoms with Crippen LogP contribution in [-0.4, -0.2) is 12.2 Å². The zero-order valence-corrected chi connectivity index (χ0v) is 10.5. The van der Waals surface area contributed by atoms with Gasteiger partial charge in [-0.15, -0.1) is 0 Å². The van der Waals surface area contributed by atoms with Crippen LogP contribution in [-0.2, 0) is 5.60 Å². The monoisotopic (exact) mass is 238 g/mol.